The van der Waals surface area contributed by atoms with Crippen LogP contribution in [-0.4, -0.2) is 89.4 Å². The van der Waals surface area contributed by atoms with Gasteiger partial charge in [-0.1, -0.05) is 38.3 Å². The number of ether oxygens (including phenoxy) is 2. The first-order chi connectivity index (χ1) is 22.5. The molecular weight excluding hydrogens is 598 g/mol. The molecule has 0 spiro atoms. The fourth-order valence-corrected chi connectivity index (χ4v) is 6.51. The molecule has 2 aliphatic rings. The number of amides is 2. The number of hydrogen-bond acceptors (Lipinski definition) is 7. The van der Waals surface area contributed by atoms with Gasteiger partial charge in [0, 0.05) is 43.8 Å². The van der Waals surface area contributed by atoms with Gasteiger partial charge in [0.25, 0.3) is 5.91 Å². The van der Waals surface area contributed by atoms with Gasteiger partial charge in [-0.3, -0.25) is 14.5 Å². The average molecular weight is 652 g/mol. The zero-order valence-electron chi connectivity index (χ0n) is 28.5. The zero-order valence-corrected chi connectivity index (χ0v) is 28.5. The number of nitrogens with one attached hydrogen (secondary N) is 1. The summed E-state index contributed by atoms with van der Waals surface area (Å²) in [6.07, 6.45) is 7.26. The molecule has 0 unspecified atom stereocenters. The normalized spacial score (nSPS) is 22.6. The molecule has 1 saturated carbocycles. The minimum atomic E-state index is -0.952. The highest BCUT2D eigenvalue weighted by Gasteiger charge is 2.31. The lowest BCUT2D eigenvalue weighted by molar-refractivity contribution is -0.120. The zero-order chi connectivity index (χ0) is 33.9. The Morgan fingerprint density at radius 2 is 1.72 bits per heavy atom. The number of likely N-dealkylation sites (N-methyl/N-ethyl adjacent to an activating group) is 1. The number of aromatic carboxylic acids is 1. The number of rotatable bonds is 9. The molecule has 258 valence electrons. The number of carboxylic acids is 1. The molecule has 1 aliphatic heterocycles. The van der Waals surface area contributed by atoms with Crippen LogP contribution in [0.1, 0.15) is 98.4 Å². The van der Waals surface area contributed by atoms with Crippen LogP contribution in [0, 0.1) is 11.8 Å². The van der Waals surface area contributed by atoms with Crippen LogP contribution in [-0.2, 0) is 16.1 Å². The van der Waals surface area contributed by atoms with E-state index in [4.69, 9.17) is 9.47 Å². The molecule has 0 bridgehead atoms. The molecule has 2 amide bonds. The Hall–Kier alpha value is -3.47. The molecule has 0 aromatic heterocycles. The molecule has 2 aromatic carbocycles. The Morgan fingerprint density at radius 1 is 1.02 bits per heavy atom. The van der Waals surface area contributed by atoms with Crippen LogP contribution in [0.15, 0.2) is 42.5 Å². The third-order valence-electron chi connectivity index (χ3n) is 9.44. The molecule has 47 heavy (non-hydrogen) atoms. The average Bonchev–Trinajstić information content (AvgIpc) is 3.06. The van der Waals surface area contributed by atoms with E-state index >= 15 is 0 Å². The van der Waals surface area contributed by atoms with Gasteiger partial charge < -0.3 is 29.9 Å². The Morgan fingerprint density at radius 3 is 2.40 bits per heavy atom. The van der Waals surface area contributed by atoms with Crippen LogP contribution in [0.4, 0.5) is 5.69 Å². The van der Waals surface area contributed by atoms with E-state index in [9.17, 15) is 24.6 Å². The molecule has 10 heteroatoms. The van der Waals surface area contributed by atoms with Gasteiger partial charge in [0.05, 0.1) is 36.0 Å². The monoisotopic (exact) mass is 651 g/mol. The van der Waals surface area contributed by atoms with Crippen molar-refractivity contribution < 1.29 is 34.1 Å². The lowest BCUT2D eigenvalue weighted by atomic mass is 9.88. The molecule has 1 aliphatic carbocycles. The number of fused-ring (bicyclic) bond motifs is 1. The minimum absolute atomic E-state index is 0.0107. The summed E-state index contributed by atoms with van der Waals surface area (Å²) in [5, 5.41) is 22.5. The number of anilines is 1. The van der Waals surface area contributed by atoms with E-state index in [1.54, 1.807) is 35.2 Å². The maximum absolute atomic E-state index is 14.4. The van der Waals surface area contributed by atoms with Crippen LogP contribution < -0.4 is 10.1 Å². The first kappa shape index (κ1) is 36.4. The van der Waals surface area contributed by atoms with Gasteiger partial charge in [0.2, 0.25) is 5.91 Å². The predicted molar refractivity (Wildman–Crippen MR) is 182 cm³/mol. The second-order valence-electron chi connectivity index (χ2n) is 13.5. The number of hydrogen-bond donors (Lipinski definition) is 3. The highest BCUT2D eigenvalue weighted by Crippen LogP contribution is 2.30. The first-order valence-electron chi connectivity index (χ1n) is 17.2. The number of aliphatic hydroxyl groups is 1. The molecular formula is C37H53N3O7. The molecule has 0 saturated heterocycles. The molecule has 4 rings (SSSR count). The SMILES string of the molecule is C[C@@H]1CCCCO[C@@H](CN(C)Cc2ccc(C(=O)O)cc2)[C@H](C)CN([C@@H](C)CO)C(=O)c2cc(NC(=O)C3CCCCC3)ccc2O1. The van der Waals surface area contributed by atoms with E-state index in [1.807, 2.05) is 33.0 Å². The third-order valence-corrected chi connectivity index (χ3v) is 9.44. The van der Waals surface area contributed by atoms with E-state index in [-0.39, 0.29) is 48.0 Å². The van der Waals surface area contributed by atoms with Crippen LogP contribution in [0.3, 0.4) is 0 Å². The largest absolute Gasteiger partial charge is 0.490 e. The number of nitrogens with zero attached hydrogens (tertiary/aromatic N) is 2. The summed E-state index contributed by atoms with van der Waals surface area (Å²) in [4.78, 5) is 42.6. The van der Waals surface area contributed by atoms with Gasteiger partial charge in [-0.25, -0.2) is 4.79 Å². The van der Waals surface area contributed by atoms with Gasteiger partial charge in [0.15, 0.2) is 0 Å². The van der Waals surface area contributed by atoms with Gasteiger partial charge in [-0.2, -0.15) is 0 Å². The lowest BCUT2D eigenvalue weighted by Gasteiger charge is -2.36. The van der Waals surface area contributed by atoms with Crippen LogP contribution in [0.5, 0.6) is 5.75 Å². The summed E-state index contributed by atoms with van der Waals surface area (Å²) in [7, 11) is 2.00. The number of carboxylic acid groups (broad SMARTS) is 1. The highest BCUT2D eigenvalue weighted by molar-refractivity contribution is 6.00. The van der Waals surface area contributed by atoms with Crippen molar-refractivity contribution in [2.24, 2.45) is 11.8 Å². The second-order valence-corrected chi connectivity index (χ2v) is 13.5. The number of aliphatic hydroxyl groups excluding tert-OH is 1. The van der Waals surface area contributed by atoms with Crippen molar-refractivity contribution in [2.45, 2.75) is 96.9 Å². The fourth-order valence-electron chi connectivity index (χ4n) is 6.51. The van der Waals surface area contributed by atoms with Crippen molar-refractivity contribution >= 4 is 23.5 Å². The van der Waals surface area contributed by atoms with Crippen LogP contribution in [0.25, 0.3) is 0 Å². The maximum atomic E-state index is 14.4. The number of carbonyl (C=O) groups excluding carboxylic acids is 2. The van der Waals surface area contributed by atoms with Gasteiger partial charge in [-0.15, -0.1) is 0 Å². The van der Waals surface area contributed by atoms with Crippen molar-refractivity contribution in [1.29, 1.82) is 0 Å². The number of benzene rings is 2. The Balaban J connectivity index is 1.57. The quantitative estimate of drug-likeness (QED) is 0.309. The molecule has 1 heterocycles. The summed E-state index contributed by atoms with van der Waals surface area (Å²) in [5.74, 6) is -0.854. The topological polar surface area (TPSA) is 129 Å². The fraction of sp³-hybridized carbons (Fsp3) is 0.595. The summed E-state index contributed by atoms with van der Waals surface area (Å²) in [5.41, 5.74) is 2.17. The Kier molecular flexibility index (Phi) is 13.6. The third kappa shape index (κ3) is 10.5. The maximum Gasteiger partial charge on any atom is 0.335 e. The van der Waals surface area contributed by atoms with E-state index in [2.05, 4.69) is 17.1 Å². The molecule has 4 atom stereocenters. The van der Waals surface area contributed by atoms with Gasteiger partial charge in [-0.05, 0) is 88.9 Å². The Bertz CT molecular complexity index is 1330. The van der Waals surface area contributed by atoms with Crippen molar-refractivity contribution in [3.05, 3.63) is 59.2 Å². The van der Waals surface area contributed by atoms with E-state index in [0.717, 1.165) is 56.9 Å². The van der Waals surface area contributed by atoms with Crippen LogP contribution in [0.2, 0.25) is 0 Å². The molecule has 1 fully saturated rings. The van der Waals surface area contributed by atoms with E-state index < -0.39 is 12.0 Å². The second kappa shape index (κ2) is 17.6. The molecule has 0 radical (unpaired) electrons. The standard InChI is InChI=1S/C37H53N3O7/c1-25-21-40(26(2)24-41)36(43)32-20-31(38-35(42)29-11-6-5-7-12-29)17-18-33(32)47-27(3)10-8-9-19-46-34(25)23-39(4)22-28-13-15-30(16-14-28)37(44)45/h13-18,20,25-27,29,34,41H,5-12,19,21-24H2,1-4H3,(H,38,42)(H,44,45)/t25-,26+,27-,34+/m1/s1. The van der Waals surface area contributed by atoms with Crippen molar-refractivity contribution in [3.8, 4) is 5.75 Å². The molecule has 2 aromatic rings. The summed E-state index contributed by atoms with van der Waals surface area (Å²) < 4.78 is 12.8. The van der Waals surface area contributed by atoms with E-state index in [1.165, 1.54) is 0 Å². The summed E-state index contributed by atoms with van der Waals surface area (Å²) >= 11 is 0. The predicted octanol–water partition coefficient (Wildman–Crippen LogP) is 5.83. The van der Waals surface area contributed by atoms with Crippen molar-refractivity contribution in [3.63, 3.8) is 0 Å². The highest BCUT2D eigenvalue weighted by atomic mass is 16.5. The number of carbonyl (C=O) groups is 3. The van der Waals surface area contributed by atoms with Crippen molar-refractivity contribution in [1.82, 2.24) is 9.80 Å². The summed E-state index contributed by atoms with van der Waals surface area (Å²) in [6, 6.07) is 11.7. The Labute approximate surface area is 279 Å². The van der Waals surface area contributed by atoms with E-state index in [0.29, 0.717) is 43.2 Å². The van der Waals surface area contributed by atoms with Gasteiger partial charge in [0.1, 0.15) is 5.75 Å². The van der Waals surface area contributed by atoms with Crippen molar-refractivity contribution in [2.75, 3.05) is 38.7 Å². The smallest absolute Gasteiger partial charge is 0.335 e. The first-order valence-corrected chi connectivity index (χ1v) is 17.2. The lowest BCUT2D eigenvalue weighted by Crippen LogP contribution is -2.47. The minimum Gasteiger partial charge on any atom is -0.490 e. The summed E-state index contributed by atoms with van der Waals surface area (Å²) in [6.45, 7) is 7.82. The van der Waals surface area contributed by atoms with Gasteiger partial charge >= 0.3 is 5.97 Å². The molecule has 3 N–H and O–H groups in total. The van der Waals surface area contributed by atoms with Crippen LogP contribution >= 0.6 is 0 Å². The molecule has 10 nitrogen and oxygen atoms in total.